The zero-order valence-electron chi connectivity index (χ0n) is 16.8. The molecule has 3 aliphatic rings. The van der Waals surface area contributed by atoms with Crippen LogP contribution in [-0.4, -0.2) is 72.6 Å². The van der Waals surface area contributed by atoms with Crippen molar-refractivity contribution in [2.45, 2.75) is 32.4 Å². The van der Waals surface area contributed by atoms with Gasteiger partial charge in [-0.15, -0.1) is 0 Å². The molecular formula is C21H30N4O2. The summed E-state index contributed by atoms with van der Waals surface area (Å²) in [6, 6.07) is 6.78. The van der Waals surface area contributed by atoms with Gasteiger partial charge < -0.3 is 19.5 Å². The summed E-state index contributed by atoms with van der Waals surface area (Å²) in [5, 5.41) is 1.23. The van der Waals surface area contributed by atoms with Crippen molar-refractivity contribution in [2.24, 2.45) is 5.92 Å². The molecule has 3 fully saturated rings. The summed E-state index contributed by atoms with van der Waals surface area (Å²) < 4.78 is 5.38. The van der Waals surface area contributed by atoms with Crippen molar-refractivity contribution in [3.05, 3.63) is 29.5 Å². The number of piperidine rings is 1. The van der Waals surface area contributed by atoms with Gasteiger partial charge in [0.05, 0.1) is 7.11 Å². The number of amides is 2. The minimum Gasteiger partial charge on any atom is -0.497 e. The lowest BCUT2D eigenvalue weighted by atomic mass is 9.94. The number of fused-ring (bicyclic) bond motifs is 5. The number of hydrogen-bond donors (Lipinski definition) is 1. The molecule has 0 radical (unpaired) electrons. The fourth-order valence-electron chi connectivity index (χ4n) is 4.66. The lowest BCUT2D eigenvalue weighted by Gasteiger charge is -2.35. The van der Waals surface area contributed by atoms with Gasteiger partial charge in [0.25, 0.3) is 0 Å². The van der Waals surface area contributed by atoms with Gasteiger partial charge in [0, 0.05) is 62.9 Å². The SMILES string of the molecule is COc1ccc2[nH]c(CN3C[C@@H]4CC[C@H]3CN(C(=O)N(C)C)C4)c(C)c2c1. The number of carbonyl (C=O) groups is 1. The van der Waals surface area contributed by atoms with Gasteiger partial charge >= 0.3 is 6.03 Å². The summed E-state index contributed by atoms with van der Waals surface area (Å²) in [7, 11) is 5.39. The number of methoxy groups -OCH3 is 1. The molecule has 3 aliphatic heterocycles. The Bertz CT molecular complexity index is 844. The molecule has 1 N–H and O–H groups in total. The van der Waals surface area contributed by atoms with E-state index in [1.807, 2.05) is 25.1 Å². The third kappa shape index (κ3) is 3.38. The molecule has 2 aromatic rings. The second kappa shape index (κ2) is 7.08. The summed E-state index contributed by atoms with van der Waals surface area (Å²) in [5.41, 5.74) is 3.73. The maximum absolute atomic E-state index is 12.5. The Hall–Kier alpha value is -2.21. The lowest BCUT2D eigenvalue weighted by Crippen LogP contribution is -2.45. The van der Waals surface area contributed by atoms with Crippen LogP contribution in [0.25, 0.3) is 10.9 Å². The Balaban J connectivity index is 1.56. The number of rotatable bonds is 3. The van der Waals surface area contributed by atoms with Crippen LogP contribution in [0.3, 0.4) is 0 Å². The van der Waals surface area contributed by atoms with E-state index in [9.17, 15) is 4.79 Å². The van der Waals surface area contributed by atoms with Gasteiger partial charge in [-0.1, -0.05) is 0 Å². The summed E-state index contributed by atoms with van der Waals surface area (Å²) >= 11 is 0. The zero-order chi connectivity index (χ0) is 19.1. The molecule has 0 saturated carbocycles. The number of urea groups is 1. The Labute approximate surface area is 161 Å². The topological polar surface area (TPSA) is 51.8 Å². The van der Waals surface area contributed by atoms with Crippen molar-refractivity contribution in [1.82, 2.24) is 19.7 Å². The number of benzene rings is 1. The Morgan fingerprint density at radius 1 is 1.26 bits per heavy atom. The number of nitrogens with zero attached hydrogens (tertiary/aromatic N) is 3. The van der Waals surface area contributed by atoms with E-state index >= 15 is 0 Å². The molecule has 2 bridgehead atoms. The summed E-state index contributed by atoms with van der Waals surface area (Å²) in [6.07, 6.45) is 2.40. The van der Waals surface area contributed by atoms with E-state index in [-0.39, 0.29) is 6.03 Å². The molecular weight excluding hydrogens is 340 g/mol. The number of ether oxygens (including phenoxy) is 1. The van der Waals surface area contributed by atoms with Crippen molar-refractivity contribution in [2.75, 3.05) is 40.8 Å². The van der Waals surface area contributed by atoms with Crippen molar-refractivity contribution < 1.29 is 9.53 Å². The third-order valence-electron chi connectivity index (χ3n) is 6.21. The molecule has 27 heavy (non-hydrogen) atoms. The quantitative estimate of drug-likeness (QED) is 0.903. The molecule has 6 nitrogen and oxygen atoms in total. The van der Waals surface area contributed by atoms with Crippen LogP contribution < -0.4 is 4.74 Å². The first-order valence-corrected chi connectivity index (χ1v) is 9.81. The van der Waals surface area contributed by atoms with E-state index in [4.69, 9.17) is 4.74 Å². The Kier molecular flexibility index (Phi) is 4.76. The van der Waals surface area contributed by atoms with Crippen LogP contribution in [-0.2, 0) is 6.54 Å². The van der Waals surface area contributed by atoms with Gasteiger partial charge in [-0.3, -0.25) is 4.90 Å². The van der Waals surface area contributed by atoms with Crippen LogP contribution in [0.2, 0.25) is 0 Å². The zero-order valence-corrected chi connectivity index (χ0v) is 16.8. The largest absolute Gasteiger partial charge is 0.497 e. The second-order valence-electron chi connectivity index (χ2n) is 8.25. The van der Waals surface area contributed by atoms with Gasteiger partial charge in [0.15, 0.2) is 0 Å². The smallest absolute Gasteiger partial charge is 0.319 e. The first-order valence-electron chi connectivity index (χ1n) is 9.81. The fourth-order valence-corrected chi connectivity index (χ4v) is 4.66. The molecule has 0 aliphatic carbocycles. The average Bonchev–Trinajstić information content (AvgIpc) is 2.82. The van der Waals surface area contributed by atoms with Crippen molar-refractivity contribution in [3.63, 3.8) is 0 Å². The van der Waals surface area contributed by atoms with Crippen LogP contribution in [0.5, 0.6) is 5.75 Å². The molecule has 146 valence electrons. The van der Waals surface area contributed by atoms with Gasteiger partial charge in [0.1, 0.15) is 5.75 Å². The third-order valence-corrected chi connectivity index (χ3v) is 6.21. The van der Waals surface area contributed by atoms with Crippen molar-refractivity contribution >= 4 is 16.9 Å². The number of aryl methyl sites for hydroxylation is 1. The minimum absolute atomic E-state index is 0.141. The second-order valence-corrected chi connectivity index (χ2v) is 8.25. The molecule has 4 heterocycles. The van der Waals surface area contributed by atoms with E-state index in [0.29, 0.717) is 12.0 Å². The maximum Gasteiger partial charge on any atom is 0.319 e. The van der Waals surface area contributed by atoms with Crippen molar-refractivity contribution in [1.29, 1.82) is 0 Å². The Morgan fingerprint density at radius 2 is 2.07 bits per heavy atom. The van der Waals surface area contributed by atoms with Crippen LogP contribution in [0.4, 0.5) is 4.79 Å². The first-order chi connectivity index (χ1) is 13.0. The summed E-state index contributed by atoms with van der Waals surface area (Å²) in [5.74, 6) is 1.46. The molecule has 0 spiro atoms. The van der Waals surface area contributed by atoms with Gasteiger partial charge in [-0.2, -0.15) is 0 Å². The molecule has 0 unspecified atom stereocenters. The number of hydrogen-bond acceptors (Lipinski definition) is 3. The number of carbonyl (C=O) groups excluding carboxylic acids is 1. The number of nitrogens with one attached hydrogen (secondary N) is 1. The molecule has 1 aromatic carbocycles. The van der Waals surface area contributed by atoms with E-state index in [1.165, 1.54) is 29.5 Å². The molecule has 3 saturated heterocycles. The molecule has 5 rings (SSSR count). The van der Waals surface area contributed by atoms with E-state index < -0.39 is 0 Å². The number of H-pyrrole nitrogens is 1. The van der Waals surface area contributed by atoms with Crippen LogP contribution in [0.1, 0.15) is 24.1 Å². The highest BCUT2D eigenvalue weighted by molar-refractivity contribution is 5.85. The van der Waals surface area contributed by atoms with Crippen molar-refractivity contribution in [3.8, 4) is 5.75 Å². The predicted octanol–water partition coefficient (Wildman–Crippen LogP) is 3.06. The average molecular weight is 370 g/mol. The van der Waals surface area contributed by atoms with E-state index in [1.54, 1.807) is 12.0 Å². The predicted molar refractivity (Wildman–Crippen MR) is 107 cm³/mol. The normalized spacial score (nSPS) is 22.9. The highest BCUT2D eigenvalue weighted by Crippen LogP contribution is 2.32. The van der Waals surface area contributed by atoms with Gasteiger partial charge in [-0.25, -0.2) is 4.79 Å². The van der Waals surface area contributed by atoms with Gasteiger partial charge in [0.2, 0.25) is 0 Å². The lowest BCUT2D eigenvalue weighted by molar-refractivity contribution is 0.121. The standard InChI is InChI=1S/C21H30N4O2/c1-14-18-9-17(27-4)7-8-19(18)22-20(14)13-24-10-15-5-6-16(24)12-25(11-15)21(26)23(2)3/h7-9,15-16,22H,5-6,10-13H2,1-4H3/t15-,16-/m0/s1. The van der Waals surface area contributed by atoms with Gasteiger partial charge in [-0.05, 0) is 49.4 Å². The molecule has 2 amide bonds. The van der Waals surface area contributed by atoms with Crippen LogP contribution in [0, 0.1) is 12.8 Å². The van der Waals surface area contributed by atoms with E-state index in [0.717, 1.165) is 37.4 Å². The molecule has 2 atom stereocenters. The highest BCUT2D eigenvalue weighted by atomic mass is 16.5. The number of aromatic nitrogens is 1. The molecule has 6 heteroatoms. The first kappa shape index (κ1) is 18.2. The maximum atomic E-state index is 12.5. The highest BCUT2D eigenvalue weighted by Gasteiger charge is 2.37. The fraction of sp³-hybridized carbons (Fsp3) is 0.571. The molecule has 1 aromatic heterocycles. The van der Waals surface area contributed by atoms with E-state index in [2.05, 4.69) is 28.9 Å². The minimum atomic E-state index is 0.141. The van der Waals surface area contributed by atoms with Crippen LogP contribution >= 0.6 is 0 Å². The summed E-state index contributed by atoms with van der Waals surface area (Å²) in [6.45, 7) is 5.88. The Morgan fingerprint density at radius 3 is 2.81 bits per heavy atom. The van der Waals surface area contributed by atoms with Crippen LogP contribution in [0.15, 0.2) is 18.2 Å². The summed E-state index contributed by atoms with van der Waals surface area (Å²) in [4.78, 5) is 22.4. The monoisotopic (exact) mass is 370 g/mol. The number of aromatic amines is 1.